The number of amides is 1. The van der Waals surface area contributed by atoms with Crippen LogP contribution in [0.4, 0.5) is 0 Å². The minimum absolute atomic E-state index is 0.0610. The first-order chi connectivity index (χ1) is 38.0. The van der Waals surface area contributed by atoms with Crippen molar-refractivity contribution in [1.82, 2.24) is 5.32 Å². The number of nitrogens with one attached hydrogen (secondary N) is 1. The third kappa shape index (κ3) is 60.3. The second-order valence-corrected chi connectivity index (χ2v) is 23.5. The molecule has 1 amide bonds. The normalized spacial score (nSPS) is 14.7. The third-order valence-electron chi connectivity index (χ3n) is 13.4. The lowest BCUT2D eigenvalue weighted by Gasteiger charge is -2.26. The Hall–Kier alpha value is -3.36. The van der Waals surface area contributed by atoms with Crippen LogP contribution in [0, 0.1) is 0 Å². The number of aliphatic hydroxyl groups is 1. The molecule has 0 bridgehead atoms. The molecule has 3 atom stereocenters. The van der Waals surface area contributed by atoms with E-state index in [9.17, 15) is 19.4 Å². The summed E-state index contributed by atoms with van der Waals surface area (Å²) in [4.78, 5) is 23.4. The van der Waals surface area contributed by atoms with Crippen LogP contribution in [0.5, 0.6) is 0 Å². The Balaban J connectivity index is 4.24. The van der Waals surface area contributed by atoms with Crippen molar-refractivity contribution >= 4 is 13.7 Å². The first-order valence-corrected chi connectivity index (χ1v) is 33.0. The summed E-state index contributed by atoms with van der Waals surface area (Å²) in [6.45, 7) is 4.75. The molecule has 8 nitrogen and oxygen atoms in total. The Kier molecular flexibility index (Phi) is 55.8. The molecular formula is C69H120N2O6P+. The first kappa shape index (κ1) is 74.6. The van der Waals surface area contributed by atoms with Gasteiger partial charge in [0.25, 0.3) is 0 Å². The fourth-order valence-corrected chi connectivity index (χ4v) is 9.26. The van der Waals surface area contributed by atoms with Crippen LogP contribution in [-0.2, 0) is 18.4 Å². The summed E-state index contributed by atoms with van der Waals surface area (Å²) >= 11 is 0. The van der Waals surface area contributed by atoms with Gasteiger partial charge in [-0.25, -0.2) is 4.57 Å². The van der Waals surface area contributed by atoms with Gasteiger partial charge in [0, 0.05) is 6.42 Å². The number of likely N-dealkylation sites (N-methyl/N-ethyl adjacent to an activating group) is 1. The molecule has 78 heavy (non-hydrogen) atoms. The van der Waals surface area contributed by atoms with Gasteiger partial charge in [0.05, 0.1) is 39.9 Å². The number of carbonyl (C=O) groups is 1. The van der Waals surface area contributed by atoms with E-state index in [0.29, 0.717) is 23.9 Å². The highest BCUT2D eigenvalue weighted by atomic mass is 31.2. The fourth-order valence-electron chi connectivity index (χ4n) is 8.52. The van der Waals surface area contributed by atoms with E-state index in [1.807, 2.05) is 21.1 Å². The molecule has 0 spiro atoms. The number of hydrogen-bond donors (Lipinski definition) is 3. The van der Waals surface area contributed by atoms with Gasteiger partial charge in [0.1, 0.15) is 13.2 Å². The Morgan fingerprint density at radius 1 is 0.449 bits per heavy atom. The van der Waals surface area contributed by atoms with Crippen LogP contribution >= 0.6 is 7.82 Å². The Morgan fingerprint density at radius 2 is 0.769 bits per heavy atom. The molecule has 0 aliphatic heterocycles. The van der Waals surface area contributed by atoms with E-state index >= 15 is 0 Å². The topological polar surface area (TPSA) is 105 Å². The summed E-state index contributed by atoms with van der Waals surface area (Å²) in [5.41, 5.74) is 0. The molecule has 0 aliphatic rings. The number of nitrogens with zero attached hydrogens (tertiary/aromatic N) is 1. The van der Waals surface area contributed by atoms with Crippen molar-refractivity contribution < 1.29 is 32.9 Å². The number of allylic oxidation sites excluding steroid dienone is 22. The molecule has 0 saturated carbocycles. The van der Waals surface area contributed by atoms with Crippen molar-refractivity contribution in [2.45, 2.75) is 257 Å². The van der Waals surface area contributed by atoms with Crippen molar-refractivity contribution in [2.75, 3.05) is 40.9 Å². The first-order valence-electron chi connectivity index (χ1n) is 31.5. The molecule has 0 radical (unpaired) electrons. The van der Waals surface area contributed by atoms with Gasteiger partial charge in [-0.2, -0.15) is 0 Å². The summed E-state index contributed by atoms with van der Waals surface area (Å²) in [6.07, 6.45) is 88.1. The zero-order valence-electron chi connectivity index (χ0n) is 50.9. The number of quaternary nitrogens is 1. The summed E-state index contributed by atoms with van der Waals surface area (Å²) in [5.74, 6) is -0.180. The highest BCUT2D eigenvalue weighted by Crippen LogP contribution is 2.43. The fraction of sp³-hybridized carbons (Fsp3) is 0.667. The van der Waals surface area contributed by atoms with Gasteiger partial charge >= 0.3 is 7.82 Å². The Bertz CT molecular complexity index is 1730. The van der Waals surface area contributed by atoms with Crippen LogP contribution in [0.15, 0.2) is 134 Å². The van der Waals surface area contributed by atoms with Crippen LogP contribution in [0.1, 0.15) is 245 Å². The Labute approximate surface area is 481 Å². The van der Waals surface area contributed by atoms with Gasteiger partial charge in [-0.3, -0.25) is 13.8 Å². The van der Waals surface area contributed by atoms with E-state index in [1.165, 1.54) is 103 Å². The van der Waals surface area contributed by atoms with Crippen molar-refractivity contribution in [3.63, 3.8) is 0 Å². The number of phosphoric ester groups is 1. The lowest BCUT2D eigenvalue weighted by molar-refractivity contribution is -0.870. The smallest absolute Gasteiger partial charge is 0.391 e. The number of rotatable bonds is 56. The van der Waals surface area contributed by atoms with E-state index in [2.05, 4.69) is 153 Å². The monoisotopic (exact) mass is 1100 g/mol. The number of carbonyl (C=O) groups excluding carboxylic acids is 1. The van der Waals surface area contributed by atoms with Crippen LogP contribution in [-0.4, -0.2) is 73.4 Å². The predicted molar refractivity (Wildman–Crippen MR) is 341 cm³/mol. The zero-order valence-corrected chi connectivity index (χ0v) is 51.7. The molecule has 0 rings (SSSR count). The van der Waals surface area contributed by atoms with Gasteiger partial charge in [-0.05, 0) is 96.3 Å². The maximum atomic E-state index is 13.0. The molecular weight excluding hydrogens is 984 g/mol. The number of aliphatic hydroxyl groups excluding tert-OH is 1. The number of hydrogen-bond acceptors (Lipinski definition) is 5. The van der Waals surface area contributed by atoms with E-state index in [1.54, 1.807) is 0 Å². The molecule has 3 N–H and O–H groups in total. The molecule has 0 aromatic carbocycles. The minimum Gasteiger partial charge on any atom is -0.391 e. The molecule has 0 aliphatic carbocycles. The van der Waals surface area contributed by atoms with Crippen molar-refractivity contribution in [2.24, 2.45) is 0 Å². The average molecular weight is 1100 g/mol. The lowest BCUT2D eigenvalue weighted by Crippen LogP contribution is -2.46. The molecule has 9 heteroatoms. The lowest BCUT2D eigenvalue weighted by atomic mass is 10.0. The second-order valence-electron chi connectivity index (χ2n) is 22.1. The average Bonchev–Trinajstić information content (AvgIpc) is 3.41. The highest BCUT2D eigenvalue weighted by molar-refractivity contribution is 7.47. The van der Waals surface area contributed by atoms with Crippen molar-refractivity contribution in [3.8, 4) is 0 Å². The molecule has 0 fully saturated rings. The summed E-state index contributed by atoms with van der Waals surface area (Å²) in [7, 11) is 1.58. The minimum atomic E-state index is -4.35. The van der Waals surface area contributed by atoms with Crippen LogP contribution in [0.25, 0.3) is 0 Å². The van der Waals surface area contributed by atoms with E-state index in [4.69, 9.17) is 9.05 Å². The maximum absolute atomic E-state index is 13.0. The zero-order chi connectivity index (χ0) is 57.0. The SMILES string of the molecule is CC/C=C\C/C=C\C/C=C\C/C=C\C/C=C\C/C=C\C/C=C\C/C=C\C/C=C\C/C=C\C/C=C\CCCCCC(=O)NC(COP(=O)(O)OCC[N+](C)(C)C)C(O)CCCCCCCCCCCCCCCCCCCCC. The number of unbranched alkanes of at least 4 members (excludes halogenated alkanes) is 21. The van der Waals surface area contributed by atoms with Gasteiger partial charge in [0.2, 0.25) is 5.91 Å². The predicted octanol–water partition coefficient (Wildman–Crippen LogP) is 19.9. The second kappa shape index (κ2) is 58.3. The largest absolute Gasteiger partial charge is 0.472 e. The van der Waals surface area contributed by atoms with Crippen molar-refractivity contribution in [3.05, 3.63) is 134 Å². The van der Waals surface area contributed by atoms with E-state index in [0.717, 1.165) is 116 Å². The van der Waals surface area contributed by atoms with Gasteiger partial charge < -0.3 is 19.8 Å². The standard InChI is InChI=1S/C69H119N2O6P/c1-6-8-10-12-14-16-18-20-22-24-26-27-28-29-30-31-32-33-34-35-36-37-38-39-40-41-42-43-45-47-49-51-53-55-57-59-61-63-69(73)70-67(66-77-78(74,75)76-65-64-71(3,4)5)68(72)62-60-58-56-54-52-50-48-46-44-25-23-21-19-17-15-13-11-9-7-2/h8,10,14,16,20,22,26-27,29-30,32-33,35-36,38-39,41-42,45,47,51,53,67-68,72H,6-7,9,11-13,15,17-19,21,23-25,28,31,34,37,40,43-44,46,48-50,52,54-66H2,1-5H3,(H-,70,73,74,75)/p+1/b10-8-,16-14-,22-20-,27-26-,30-29-,33-32-,36-35-,39-38-,42-41-,47-45-,53-51-. The summed E-state index contributed by atoms with van der Waals surface area (Å²) in [6, 6.07) is -0.789. The summed E-state index contributed by atoms with van der Waals surface area (Å²) < 4.78 is 23.8. The van der Waals surface area contributed by atoms with Gasteiger partial charge in [0.15, 0.2) is 0 Å². The van der Waals surface area contributed by atoms with Gasteiger partial charge in [-0.15, -0.1) is 0 Å². The summed E-state index contributed by atoms with van der Waals surface area (Å²) in [5, 5.41) is 14.1. The maximum Gasteiger partial charge on any atom is 0.472 e. The highest BCUT2D eigenvalue weighted by Gasteiger charge is 2.28. The van der Waals surface area contributed by atoms with E-state index in [-0.39, 0.29) is 19.1 Å². The molecule has 446 valence electrons. The molecule has 0 heterocycles. The molecule has 0 aromatic rings. The third-order valence-corrected chi connectivity index (χ3v) is 14.4. The van der Waals surface area contributed by atoms with Crippen LogP contribution in [0.2, 0.25) is 0 Å². The quantitative estimate of drug-likeness (QED) is 0.0243. The molecule has 0 saturated heterocycles. The van der Waals surface area contributed by atoms with Crippen LogP contribution in [0.3, 0.4) is 0 Å². The van der Waals surface area contributed by atoms with Crippen molar-refractivity contribution in [1.29, 1.82) is 0 Å². The molecule has 3 unspecified atom stereocenters. The Morgan fingerprint density at radius 3 is 1.12 bits per heavy atom. The van der Waals surface area contributed by atoms with Gasteiger partial charge in [-0.1, -0.05) is 276 Å². The molecule has 0 aromatic heterocycles. The van der Waals surface area contributed by atoms with Crippen LogP contribution < -0.4 is 5.32 Å². The number of phosphoric acid groups is 1. The van der Waals surface area contributed by atoms with E-state index < -0.39 is 20.0 Å².